The van der Waals surface area contributed by atoms with E-state index in [0.717, 1.165) is 19.4 Å². The molecule has 1 saturated heterocycles. The Bertz CT molecular complexity index is 522. The van der Waals surface area contributed by atoms with Gasteiger partial charge >= 0.3 is 0 Å². The van der Waals surface area contributed by atoms with E-state index in [9.17, 15) is 0 Å². The van der Waals surface area contributed by atoms with Crippen molar-refractivity contribution in [2.45, 2.75) is 24.9 Å². The Morgan fingerprint density at radius 3 is 3.18 bits per heavy atom. The molecule has 1 aliphatic heterocycles. The van der Waals surface area contributed by atoms with Gasteiger partial charge in [-0.2, -0.15) is 0 Å². The lowest BCUT2D eigenvalue weighted by molar-refractivity contribution is 0.171. The average molecular weight is 247 g/mol. The molecule has 3 heterocycles. The van der Waals surface area contributed by atoms with Crippen molar-refractivity contribution in [3.63, 3.8) is 0 Å². The highest BCUT2D eigenvalue weighted by Crippen LogP contribution is 2.36. The van der Waals surface area contributed by atoms with Gasteiger partial charge in [-0.05, 0) is 36.9 Å². The van der Waals surface area contributed by atoms with Gasteiger partial charge in [-0.15, -0.1) is 11.3 Å². The summed E-state index contributed by atoms with van der Waals surface area (Å²) in [5.74, 6) is 0. The number of hydrogen-bond acceptors (Lipinski definition) is 4. The van der Waals surface area contributed by atoms with E-state index in [0.29, 0.717) is 12.1 Å². The van der Waals surface area contributed by atoms with Gasteiger partial charge in [0.05, 0.1) is 0 Å². The normalized spacial score (nSPS) is 26.5. The summed E-state index contributed by atoms with van der Waals surface area (Å²) < 4.78 is 1.33. The number of rotatable bonds is 1. The first kappa shape index (κ1) is 11.1. The fraction of sp³-hybridized carbons (Fsp3) is 0.462. The van der Waals surface area contributed by atoms with Crippen molar-refractivity contribution in [3.05, 3.63) is 29.4 Å². The van der Waals surface area contributed by atoms with Gasteiger partial charge in [-0.1, -0.05) is 0 Å². The number of piperidine rings is 1. The molecule has 0 aromatic carbocycles. The molecule has 2 atom stereocenters. The number of nitrogens with two attached hydrogens (primary N) is 1. The Balaban J connectivity index is 1.98. The molecule has 0 saturated carbocycles. The van der Waals surface area contributed by atoms with Crippen LogP contribution < -0.4 is 5.73 Å². The van der Waals surface area contributed by atoms with Crippen LogP contribution in [0.2, 0.25) is 0 Å². The molecular formula is C13H17N3S. The lowest BCUT2D eigenvalue weighted by Crippen LogP contribution is -2.42. The van der Waals surface area contributed by atoms with Crippen LogP contribution in [0, 0.1) is 0 Å². The Morgan fingerprint density at radius 1 is 1.47 bits per heavy atom. The zero-order chi connectivity index (χ0) is 11.8. The molecule has 1 aliphatic rings. The number of fused-ring (bicyclic) bond motifs is 1. The number of thiophene rings is 1. The number of hydrogen-bond donors (Lipinski definition) is 1. The highest BCUT2D eigenvalue weighted by Gasteiger charge is 2.26. The minimum absolute atomic E-state index is 0.333. The van der Waals surface area contributed by atoms with Crippen molar-refractivity contribution in [1.29, 1.82) is 0 Å². The summed E-state index contributed by atoms with van der Waals surface area (Å²) in [6.45, 7) is 0.988. The molecule has 0 radical (unpaired) electrons. The SMILES string of the molecule is CN1CC(N)CCC1c1csc2ccncc12. The van der Waals surface area contributed by atoms with E-state index in [4.69, 9.17) is 5.73 Å². The smallest absolute Gasteiger partial charge is 0.0376 e. The zero-order valence-corrected chi connectivity index (χ0v) is 10.8. The molecule has 3 rings (SSSR count). The van der Waals surface area contributed by atoms with E-state index >= 15 is 0 Å². The minimum Gasteiger partial charge on any atom is -0.327 e. The number of pyridine rings is 1. The first-order chi connectivity index (χ1) is 8.25. The summed E-state index contributed by atoms with van der Waals surface area (Å²) in [6.07, 6.45) is 6.12. The molecule has 3 nitrogen and oxygen atoms in total. The summed E-state index contributed by atoms with van der Waals surface area (Å²) in [4.78, 5) is 6.62. The lowest BCUT2D eigenvalue weighted by atomic mass is 9.94. The third kappa shape index (κ3) is 1.97. The van der Waals surface area contributed by atoms with E-state index < -0.39 is 0 Å². The van der Waals surface area contributed by atoms with Gasteiger partial charge in [0.2, 0.25) is 0 Å². The largest absolute Gasteiger partial charge is 0.327 e. The first-order valence-corrected chi connectivity index (χ1v) is 6.90. The van der Waals surface area contributed by atoms with E-state index in [1.54, 1.807) is 0 Å². The second kappa shape index (κ2) is 4.37. The van der Waals surface area contributed by atoms with Gasteiger partial charge in [0, 0.05) is 41.1 Å². The Morgan fingerprint density at radius 2 is 2.35 bits per heavy atom. The monoisotopic (exact) mass is 247 g/mol. The summed E-state index contributed by atoms with van der Waals surface area (Å²) in [5.41, 5.74) is 7.43. The number of likely N-dealkylation sites (tertiary alicyclic amines) is 1. The van der Waals surface area contributed by atoms with Crippen molar-refractivity contribution in [2.75, 3.05) is 13.6 Å². The van der Waals surface area contributed by atoms with Gasteiger partial charge in [0.25, 0.3) is 0 Å². The molecule has 0 bridgehead atoms. The molecule has 90 valence electrons. The maximum absolute atomic E-state index is 6.00. The van der Waals surface area contributed by atoms with Crippen LogP contribution in [0.3, 0.4) is 0 Å². The molecule has 2 aromatic rings. The van der Waals surface area contributed by atoms with Gasteiger partial charge < -0.3 is 5.73 Å². The van der Waals surface area contributed by atoms with Crippen LogP contribution in [0.1, 0.15) is 24.4 Å². The first-order valence-electron chi connectivity index (χ1n) is 6.02. The molecule has 17 heavy (non-hydrogen) atoms. The summed E-state index contributed by atoms with van der Waals surface area (Å²) in [7, 11) is 2.17. The summed E-state index contributed by atoms with van der Waals surface area (Å²) in [6, 6.07) is 2.94. The zero-order valence-electron chi connectivity index (χ0n) is 9.97. The predicted octanol–water partition coefficient (Wildman–Crippen LogP) is 2.39. The highest BCUT2D eigenvalue weighted by molar-refractivity contribution is 7.17. The molecule has 2 N–H and O–H groups in total. The molecule has 0 spiro atoms. The summed E-state index contributed by atoms with van der Waals surface area (Å²) >= 11 is 1.81. The van der Waals surface area contributed by atoms with Crippen molar-refractivity contribution < 1.29 is 0 Å². The topological polar surface area (TPSA) is 42.1 Å². The number of aromatic nitrogens is 1. The van der Waals surface area contributed by atoms with Crippen LogP contribution in [0.15, 0.2) is 23.8 Å². The third-order valence-corrected chi connectivity index (χ3v) is 4.61. The van der Waals surface area contributed by atoms with Crippen molar-refractivity contribution >= 4 is 21.4 Å². The maximum atomic E-state index is 6.00. The Hall–Kier alpha value is -0.970. The Labute approximate surface area is 105 Å². The second-order valence-electron chi connectivity index (χ2n) is 4.86. The Kier molecular flexibility index (Phi) is 2.86. The van der Waals surface area contributed by atoms with Gasteiger partial charge in [-0.3, -0.25) is 9.88 Å². The predicted molar refractivity (Wildman–Crippen MR) is 72.2 cm³/mol. The lowest BCUT2D eigenvalue weighted by Gasteiger charge is -2.35. The van der Waals surface area contributed by atoms with Crippen molar-refractivity contribution in [3.8, 4) is 0 Å². The highest BCUT2D eigenvalue weighted by atomic mass is 32.1. The standard InChI is InChI=1S/C13H17N3S/c1-16-7-9(14)2-3-12(16)11-8-17-13-4-5-15-6-10(11)13/h4-6,8-9,12H,2-3,7,14H2,1H3. The van der Waals surface area contributed by atoms with E-state index in [1.165, 1.54) is 15.6 Å². The number of likely N-dealkylation sites (N-methyl/N-ethyl adjacent to an activating group) is 1. The van der Waals surface area contributed by atoms with Gasteiger partial charge in [0.1, 0.15) is 0 Å². The van der Waals surface area contributed by atoms with E-state index in [-0.39, 0.29) is 0 Å². The quantitative estimate of drug-likeness (QED) is 0.841. The molecule has 4 heteroatoms. The molecule has 0 aliphatic carbocycles. The molecule has 2 unspecified atom stereocenters. The van der Waals surface area contributed by atoms with Crippen LogP contribution in [-0.4, -0.2) is 29.5 Å². The molecule has 0 amide bonds. The third-order valence-electron chi connectivity index (χ3n) is 3.63. The number of nitrogens with zero attached hydrogens (tertiary/aromatic N) is 2. The van der Waals surface area contributed by atoms with Crippen molar-refractivity contribution in [1.82, 2.24) is 9.88 Å². The molecular weight excluding hydrogens is 230 g/mol. The van der Waals surface area contributed by atoms with E-state index in [2.05, 4.69) is 28.4 Å². The van der Waals surface area contributed by atoms with E-state index in [1.807, 2.05) is 23.7 Å². The van der Waals surface area contributed by atoms with Crippen LogP contribution >= 0.6 is 11.3 Å². The fourth-order valence-electron chi connectivity index (χ4n) is 2.72. The molecule has 2 aromatic heterocycles. The second-order valence-corrected chi connectivity index (χ2v) is 5.77. The minimum atomic E-state index is 0.333. The molecule has 1 fully saturated rings. The van der Waals surface area contributed by atoms with Gasteiger partial charge in [0.15, 0.2) is 0 Å². The van der Waals surface area contributed by atoms with Crippen molar-refractivity contribution in [2.24, 2.45) is 5.73 Å². The van der Waals surface area contributed by atoms with Crippen LogP contribution in [0.25, 0.3) is 10.1 Å². The maximum Gasteiger partial charge on any atom is 0.0376 e. The fourth-order valence-corrected chi connectivity index (χ4v) is 3.70. The average Bonchev–Trinajstić information content (AvgIpc) is 2.73. The summed E-state index contributed by atoms with van der Waals surface area (Å²) in [5, 5.41) is 3.59. The van der Waals surface area contributed by atoms with Crippen LogP contribution in [-0.2, 0) is 0 Å². The van der Waals surface area contributed by atoms with Crippen LogP contribution in [0.5, 0.6) is 0 Å². The van der Waals surface area contributed by atoms with Crippen LogP contribution in [0.4, 0.5) is 0 Å². The van der Waals surface area contributed by atoms with Gasteiger partial charge in [-0.25, -0.2) is 0 Å².